The van der Waals surface area contributed by atoms with Crippen molar-refractivity contribution in [2.24, 2.45) is 11.3 Å². The second-order valence-electron chi connectivity index (χ2n) is 6.97. The van der Waals surface area contributed by atoms with Crippen LogP contribution in [0.3, 0.4) is 0 Å². The van der Waals surface area contributed by atoms with Gasteiger partial charge in [-0.05, 0) is 36.2 Å². The molecule has 0 bridgehead atoms. The summed E-state index contributed by atoms with van der Waals surface area (Å²) >= 11 is 1.58. The number of thiophene rings is 1. The number of carbonyl (C=O) groups is 3. The highest BCUT2D eigenvalue weighted by Gasteiger charge is 2.31. The molecule has 2 rings (SSSR count). The molecule has 1 aliphatic carbocycles. The highest BCUT2D eigenvalue weighted by Crippen LogP contribution is 2.40. The van der Waals surface area contributed by atoms with E-state index in [9.17, 15) is 14.4 Å². The summed E-state index contributed by atoms with van der Waals surface area (Å²) in [7, 11) is 0. The van der Waals surface area contributed by atoms with E-state index in [0.29, 0.717) is 17.6 Å². The molecule has 1 heterocycles. The van der Waals surface area contributed by atoms with Gasteiger partial charge in [0.05, 0.1) is 5.56 Å². The zero-order chi connectivity index (χ0) is 17.9. The van der Waals surface area contributed by atoms with Gasteiger partial charge < -0.3 is 5.11 Å². The zero-order valence-corrected chi connectivity index (χ0v) is 14.8. The number of fused-ring (bicyclic) bond motifs is 1. The Hall–Kier alpha value is -2.15. The number of carboxylic acids is 1. The van der Waals surface area contributed by atoms with Gasteiger partial charge in [0, 0.05) is 22.4 Å². The van der Waals surface area contributed by atoms with Crippen LogP contribution in [-0.4, -0.2) is 22.9 Å². The Balaban J connectivity index is 1.99. The lowest BCUT2D eigenvalue weighted by atomic mass is 9.72. The summed E-state index contributed by atoms with van der Waals surface area (Å²) in [4.78, 5) is 35.2. The van der Waals surface area contributed by atoms with Gasteiger partial charge in [0.2, 0.25) is 0 Å². The molecule has 2 amide bonds. The van der Waals surface area contributed by atoms with Gasteiger partial charge >= 0.3 is 5.97 Å². The van der Waals surface area contributed by atoms with Crippen molar-refractivity contribution in [3.05, 3.63) is 33.5 Å². The molecule has 24 heavy (non-hydrogen) atoms. The lowest BCUT2D eigenvalue weighted by Gasteiger charge is -2.34. The lowest BCUT2D eigenvalue weighted by molar-refractivity contribution is -0.131. The maximum atomic E-state index is 12.2. The zero-order valence-electron chi connectivity index (χ0n) is 14.0. The van der Waals surface area contributed by atoms with Crippen molar-refractivity contribution in [3.63, 3.8) is 0 Å². The minimum atomic E-state index is -1.23. The average Bonchev–Trinajstić information content (AvgIpc) is 2.92. The van der Waals surface area contributed by atoms with Crippen LogP contribution >= 0.6 is 11.3 Å². The Labute approximate surface area is 144 Å². The van der Waals surface area contributed by atoms with Crippen LogP contribution in [0.1, 0.15) is 48.0 Å². The highest BCUT2D eigenvalue weighted by molar-refractivity contribution is 7.10. The van der Waals surface area contributed by atoms with E-state index in [0.717, 1.165) is 30.9 Å². The Bertz CT molecular complexity index is 685. The number of hydrogen-bond donors (Lipinski definition) is 3. The third-order valence-corrected chi connectivity index (χ3v) is 5.35. The molecule has 1 aromatic rings. The fourth-order valence-corrected chi connectivity index (χ4v) is 3.98. The second kappa shape index (κ2) is 7.17. The molecule has 0 aliphatic heterocycles. The molecule has 0 saturated heterocycles. The van der Waals surface area contributed by atoms with Gasteiger partial charge in [-0.1, -0.05) is 20.8 Å². The molecule has 0 aromatic carbocycles. The Morgan fingerprint density at radius 3 is 2.58 bits per heavy atom. The summed E-state index contributed by atoms with van der Waals surface area (Å²) in [5, 5.41) is 10.3. The van der Waals surface area contributed by atoms with E-state index in [4.69, 9.17) is 5.11 Å². The number of aliphatic carboxylic acids is 1. The van der Waals surface area contributed by atoms with Crippen LogP contribution in [-0.2, 0) is 22.4 Å². The molecule has 1 aromatic heterocycles. The van der Waals surface area contributed by atoms with E-state index in [1.165, 1.54) is 4.88 Å². The summed E-state index contributed by atoms with van der Waals surface area (Å²) in [5.74, 6) is -1.70. The van der Waals surface area contributed by atoms with E-state index >= 15 is 0 Å². The number of amides is 2. The molecule has 0 spiro atoms. The average molecular weight is 350 g/mol. The van der Waals surface area contributed by atoms with E-state index < -0.39 is 11.9 Å². The number of carbonyl (C=O) groups excluding carboxylic acids is 2. The molecular weight excluding hydrogens is 328 g/mol. The third-order valence-electron chi connectivity index (χ3n) is 4.30. The highest BCUT2D eigenvalue weighted by atomic mass is 32.1. The molecule has 0 radical (unpaired) electrons. The molecule has 130 valence electrons. The van der Waals surface area contributed by atoms with Crippen molar-refractivity contribution >= 4 is 29.1 Å². The maximum Gasteiger partial charge on any atom is 0.328 e. The van der Waals surface area contributed by atoms with E-state index in [1.807, 2.05) is 5.38 Å². The Kier molecular flexibility index (Phi) is 5.43. The topological polar surface area (TPSA) is 95.5 Å². The second-order valence-corrected chi connectivity index (χ2v) is 7.94. The minimum Gasteiger partial charge on any atom is -0.478 e. The van der Waals surface area contributed by atoms with Crippen LogP contribution < -0.4 is 10.9 Å². The summed E-state index contributed by atoms with van der Waals surface area (Å²) in [5.41, 5.74) is 6.40. The van der Waals surface area contributed by atoms with Crippen LogP contribution in [0.2, 0.25) is 0 Å². The fourth-order valence-electron chi connectivity index (χ4n) is 2.82. The van der Waals surface area contributed by atoms with Crippen LogP contribution in [0.25, 0.3) is 0 Å². The lowest BCUT2D eigenvalue weighted by Crippen LogP contribution is -2.41. The maximum absolute atomic E-state index is 12.2. The quantitative estimate of drug-likeness (QED) is 0.576. The van der Waals surface area contributed by atoms with Gasteiger partial charge in [0.15, 0.2) is 0 Å². The largest absolute Gasteiger partial charge is 0.478 e. The summed E-state index contributed by atoms with van der Waals surface area (Å²) in [6.45, 7) is 6.72. The first kappa shape index (κ1) is 18.2. The molecule has 7 heteroatoms. The third kappa shape index (κ3) is 4.44. The normalized spacial score (nSPS) is 17.4. The smallest absolute Gasteiger partial charge is 0.328 e. The summed E-state index contributed by atoms with van der Waals surface area (Å²) in [6.07, 6.45) is 4.43. The predicted molar refractivity (Wildman–Crippen MR) is 91.7 cm³/mol. The number of rotatable bonds is 3. The van der Waals surface area contributed by atoms with Gasteiger partial charge in [-0.2, -0.15) is 0 Å². The van der Waals surface area contributed by atoms with E-state index in [2.05, 4.69) is 31.6 Å². The molecule has 0 fully saturated rings. The molecular formula is C17H22N2O4S. The van der Waals surface area contributed by atoms with Crippen LogP contribution in [0, 0.1) is 11.3 Å². The Morgan fingerprint density at radius 2 is 1.96 bits per heavy atom. The number of hydrazine groups is 1. The molecule has 0 unspecified atom stereocenters. The molecule has 6 nitrogen and oxygen atoms in total. The first-order valence-corrected chi connectivity index (χ1v) is 8.67. The van der Waals surface area contributed by atoms with E-state index in [-0.39, 0.29) is 11.3 Å². The first-order valence-electron chi connectivity index (χ1n) is 7.79. The van der Waals surface area contributed by atoms with Gasteiger partial charge in [-0.3, -0.25) is 20.4 Å². The molecule has 1 aliphatic rings. The van der Waals surface area contributed by atoms with Crippen LogP contribution in [0.15, 0.2) is 17.5 Å². The van der Waals surface area contributed by atoms with Crippen molar-refractivity contribution in [1.29, 1.82) is 0 Å². The van der Waals surface area contributed by atoms with Gasteiger partial charge in [0.25, 0.3) is 11.8 Å². The van der Waals surface area contributed by atoms with Crippen molar-refractivity contribution in [3.8, 4) is 0 Å². The predicted octanol–water partition coefficient (Wildman–Crippen LogP) is 2.30. The molecule has 1 atom stereocenters. The number of carboxylic acid groups (broad SMARTS) is 1. The standard InChI is InChI=1S/C17H22N2O4S/c1-17(2,3)10-4-5-11-12(9-24-13(11)8-10)16(23)19-18-14(20)6-7-15(21)22/h6-7,9-10H,4-5,8H2,1-3H3,(H,18,20)(H,19,23)(H,21,22)/b7-6+/t10-/m0/s1. The molecule has 3 N–H and O–H groups in total. The van der Waals surface area contributed by atoms with Gasteiger partial charge in [-0.15, -0.1) is 11.3 Å². The summed E-state index contributed by atoms with van der Waals surface area (Å²) in [6, 6.07) is 0. The monoisotopic (exact) mass is 350 g/mol. The van der Waals surface area contributed by atoms with Crippen LogP contribution in [0.5, 0.6) is 0 Å². The van der Waals surface area contributed by atoms with Crippen molar-refractivity contribution < 1.29 is 19.5 Å². The van der Waals surface area contributed by atoms with Crippen molar-refractivity contribution in [2.45, 2.75) is 40.0 Å². The van der Waals surface area contributed by atoms with Crippen LogP contribution in [0.4, 0.5) is 0 Å². The number of hydrogen-bond acceptors (Lipinski definition) is 4. The fraction of sp³-hybridized carbons (Fsp3) is 0.471. The van der Waals surface area contributed by atoms with Gasteiger partial charge in [-0.25, -0.2) is 4.79 Å². The van der Waals surface area contributed by atoms with Crippen molar-refractivity contribution in [2.75, 3.05) is 0 Å². The van der Waals surface area contributed by atoms with E-state index in [1.54, 1.807) is 11.3 Å². The Morgan fingerprint density at radius 1 is 1.25 bits per heavy atom. The minimum absolute atomic E-state index is 0.245. The number of nitrogens with one attached hydrogen (secondary N) is 2. The van der Waals surface area contributed by atoms with Gasteiger partial charge in [0.1, 0.15) is 0 Å². The summed E-state index contributed by atoms with van der Waals surface area (Å²) < 4.78 is 0. The first-order chi connectivity index (χ1) is 11.2. The molecule has 0 saturated carbocycles. The SMILES string of the molecule is CC(C)(C)[C@H]1CCc2c(C(=O)NNC(=O)/C=C/C(=O)O)csc2C1. The van der Waals surface area contributed by atoms with Crippen molar-refractivity contribution in [1.82, 2.24) is 10.9 Å².